The largest absolute Gasteiger partial charge is 0.481 e. The number of unbranched alkanes of at least 4 members (excludes halogenated alkanes) is 1. The van der Waals surface area contributed by atoms with Crippen LogP contribution in [0.25, 0.3) is 0 Å². The predicted octanol–water partition coefficient (Wildman–Crippen LogP) is 1.62. The third kappa shape index (κ3) is 5.62. The number of nitrogens with zero attached hydrogens (tertiary/aromatic N) is 3. The van der Waals surface area contributed by atoms with Crippen LogP contribution in [0.5, 0.6) is 0 Å². The molecule has 0 saturated carbocycles. The molecule has 0 atom stereocenters. The Labute approximate surface area is 110 Å². The fourth-order valence-corrected chi connectivity index (χ4v) is 1.43. The van der Waals surface area contributed by atoms with Crippen LogP contribution in [0.4, 0.5) is 11.9 Å². The molecule has 8 heteroatoms. The molecular formula is C10H16ClN5O2. The highest BCUT2D eigenvalue weighted by molar-refractivity contribution is 6.28. The van der Waals surface area contributed by atoms with Gasteiger partial charge in [0.25, 0.3) is 0 Å². The summed E-state index contributed by atoms with van der Waals surface area (Å²) in [6.45, 7) is 3.22. The summed E-state index contributed by atoms with van der Waals surface area (Å²) in [6.07, 6.45) is 1.51. The third-order valence-electron chi connectivity index (χ3n) is 2.04. The Balaban J connectivity index is 2.39. The zero-order valence-corrected chi connectivity index (χ0v) is 10.9. The standard InChI is InChI=1S/C10H16ClN5O2/c1-2-12-9-14-8(11)15-10(16-9)13-6-4-3-5-7(17)18/h2-6H2,1H3,(H,17,18)(H2,12,13,14,15,16). The number of hydrogen-bond acceptors (Lipinski definition) is 6. The van der Waals surface area contributed by atoms with E-state index in [0.717, 1.165) is 6.42 Å². The van der Waals surface area contributed by atoms with Crippen LogP contribution in [-0.2, 0) is 4.79 Å². The third-order valence-corrected chi connectivity index (χ3v) is 2.21. The number of carboxylic acids is 1. The van der Waals surface area contributed by atoms with Crippen molar-refractivity contribution in [2.24, 2.45) is 0 Å². The van der Waals surface area contributed by atoms with E-state index in [1.165, 1.54) is 0 Å². The molecule has 1 rings (SSSR count). The summed E-state index contributed by atoms with van der Waals surface area (Å²) in [6, 6.07) is 0. The fourth-order valence-electron chi connectivity index (χ4n) is 1.27. The van der Waals surface area contributed by atoms with Crippen molar-refractivity contribution in [2.45, 2.75) is 26.2 Å². The van der Waals surface area contributed by atoms with Crippen LogP contribution in [0.2, 0.25) is 5.28 Å². The summed E-state index contributed by atoms with van der Waals surface area (Å²) in [5.41, 5.74) is 0. The summed E-state index contributed by atoms with van der Waals surface area (Å²) < 4.78 is 0. The van der Waals surface area contributed by atoms with Crippen molar-refractivity contribution in [3.63, 3.8) is 0 Å². The minimum atomic E-state index is -0.785. The molecule has 0 bridgehead atoms. The van der Waals surface area contributed by atoms with E-state index in [-0.39, 0.29) is 11.7 Å². The average Bonchev–Trinajstić information content (AvgIpc) is 2.28. The van der Waals surface area contributed by atoms with Crippen LogP contribution >= 0.6 is 11.6 Å². The number of aliphatic carboxylic acids is 1. The van der Waals surface area contributed by atoms with Gasteiger partial charge in [-0.3, -0.25) is 4.79 Å². The van der Waals surface area contributed by atoms with Crippen LogP contribution in [0.1, 0.15) is 26.2 Å². The van der Waals surface area contributed by atoms with Gasteiger partial charge in [0.05, 0.1) is 0 Å². The van der Waals surface area contributed by atoms with Crippen LogP contribution in [-0.4, -0.2) is 39.1 Å². The van der Waals surface area contributed by atoms with Gasteiger partial charge in [-0.2, -0.15) is 15.0 Å². The number of aromatic nitrogens is 3. The highest BCUT2D eigenvalue weighted by Crippen LogP contribution is 2.09. The van der Waals surface area contributed by atoms with E-state index in [1.54, 1.807) is 0 Å². The molecule has 0 spiro atoms. The van der Waals surface area contributed by atoms with Gasteiger partial charge in [0, 0.05) is 19.5 Å². The van der Waals surface area contributed by atoms with E-state index in [9.17, 15) is 4.79 Å². The number of carboxylic acid groups (broad SMARTS) is 1. The number of rotatable bonds is 8. The average molecular weight is 274 g/mol. The molecule has 0 saturated heterocycles. The molecule has 0 aliphatic carbocycles. The van der Waals surface area contributed by atoms with Gasteiger partial charge in [-0.05, 0) is 31.4 Å². The van der Waals surface area contributed by atoms with Gasteiger partial charge < -0.3 is 15.7 Å². The maximum atomic E-state index is 10.3. The highest BCUT2D eigenvalue weighted by Gasteiger charge is 2.03. The molecule has 0 unspecified atom stereocenters. The van der Waals surface area contributed by atoms with Crippen molar-refractivity contribution in [1.29, 1.82) is 0 Å². The second kappa shape index (κ2) is 7.65. The van der Waals surface area contributed by atoms with E-state index >= 15 is 0 Å². The SMILES string of the molecule is CCNc1nc(Cl)nc(NCCCCC(=O)O)n1. The van der Waals surface area contributed by atoms with Crippen molar-refractivity contribution in [1.82, 2.24) is 15.0 Å². The first-order valence-corrected chi connectivity index (χ1v) is 6.10. The molecule has 0 aromatic carbocycles. The van der Waals surface area contributed by atoms with Gasteiger partial charge in [-0.25, -0.2) is 0 Å². The van der Waals surface area contributed by atoms with Gasteiger partial charge in [0.1, 0.15) is 0 Å². The maximum absolute atomic E-state index is 10.3. The molecule has 7 nitrogen and oxygen atoms in total. The Kier molecular flexibility index (Phi) is 6.13. The molecule has 1 aromatic heterocycles. The molecule has 1 aromatic rings. The molecule has 100 valence electrons. The topological polar surface area (TPSA) is 100 Å². The lowest BCUT2D eigenvalue weighted by atomic mass is 10.2. The van der Waals surface area contributed by atoms with E-state index in [1.807, 2.05) is 6.92 Å². The van der Waals surface area contributed by atoms with Gasteiger partial charge in [-0.1, -0.05) is 0 Å². The second-order valence-electron chi connectivity index (χ2n) is 3.56. The fraction of sp³-hybridized carbons (Fsp3) is 0.600. The quantitative estimate of drug-likeness (QED) is 0.619. The minimum absolute atomic E-state index is 0.119. The Morgan fingerprint density at radius 1 is 1.22 bits per heavy atom. The number of hydrogen-bond donors (Lipinski definition) is 3. The zero-order chi connectivity index (χ0) is 13.4. The Morgan fingerprint density at radius 2 is 1.89 bits per heavy atom. The number of halogens is 1. The maximum Gasteiger partial charge on any atom is 0.303 e. The van der Waals surface area contributed by atoms with E-state index < -0.39 is 5.97 Å². The van der Waals surface area contributed by atoms with Crippen LogP contribution in [0.15, 0.2) is 0 Å². The summed E-state index contributed by atoms with van der Waals surface area (Å²) >= 11 is 5.75. The molecule has 0 fully saturated rings. The van der Waals surface area contributed by atoms with Crippen LogP contribution in [0, 0.1) is 0 Å². The van der Waals surface area contributed by atoms with Crippen LogP contribution in [0.3, 0.4) is 0 Å². The smallest absolute Gasteiger partial charge is 0.303 e. The molecule has 0 aliphatic rings. The van der Waals surface area contributed by atoms with Gasteiger partial charge in [0.2, 0.25) is 17.2 Å². The normalized spacial score (nSPS) is 10.1. The van der Waals surface area contributed by atoms with Gasteiger partial charge in [-0.15, -0.1) is 0 Å². The summed E-state index contributed by atoms with van der Waals surface area (Å²) in [5, 5.41) is 14.5. The highest BCUT2D eigenvalue weighted by atomic mass is 35.5. The minimum Gasteiger partial charge on any atom is -0.481 e. The predicted molar refractivity (Wildman–Crippen MR) is 69.0 cm³/mol. The van der Waals surface area contributed by atoms with E-state index in [4.69, 9.17) is 16.7 Å². The van der Waals surface area contributed by atoms with Crippen LogP contribution < -0.4 is 10.6 Å². The number of nitrogens with one attached hydrogen (secondary N) is 2. The van der Waals surface area contributed by atoms with Gasteiger partial charge in [0.15, 0.2) is 0 Å². The number of carbonyl (C=O) groups is 1. The molecule has 0 aliphatic heterocycles. The first-order valence-electron chi connectivity index (χ1n) is 5.73. The monoisotopic (exact) mass is 273 g/mol. The summed E-state index contributed by atoms with van der Waals surface area (Å²) in [5.74, 6) is 0.0273. The molecular weight excluding hydrogens is 258 g/mol. The first-order chi connectivity index (χ1) is 8.61. The lowest BCUT2D eigenvalue weighted by Gasteiger charge is -2.06. The molecule has 1 heterocycles. The summed E-state index contributed by atoms with van der Waals surface area (Å²) in [7, 11) is 0. The Bertz CT molecular complexity index is 402. The molecule has 3 N–H and O–H groups in total. The summed E-state index contributed by atoms with van der Waals surface area (Å²) in [4.78, 5) is 22.3. The first kappa shape index (κ1) is 14.4. The molecule has 18 heavy (non-hydrogen) atoms. The molecule has 0 amide bonds. The van der Waals surface area contributed by atoms with Crippen molar-refractivity contribution >= 4 is 29.5 Å². The number of anilines is 2. The Hall–Kier alpha value is -1.63. The van der Waals surface area contributed by atoms with E-state index in [2.05, 4.69) is 25.6 Å². The van der Waals surface area contributed by atoms with Gasteiger partial charge >= 0.3 is 5.97 Å². The molecule has 0 radical (unpaired) electrons. The Morgan fingerprint density at radius 3 is 2.50 bits per heavy atom. The van der Waals surface area contributed by atoms with Crippen molar-refractivity contribution in [3.05, 3.63) is 5.28 Å². The zero-order valence-electron chi connectivity index (χ0n) is 10.1. The lowest BCUT2D eigenvalue weighted by molar-refractivity contribution is -0.137. The van der Waals surface area contributed by atoms with Crippen molar-refractivity contribution < 1.29 is 9.90 Å². The lowest BCUT2D eigenvalue weighted by Crippen LogP contribution is -2.10. The second-order valence-corrected chi connectivity index (χ2v) is 3.90. The van der Waals surface area contributed by atoms with Crippen molar-refractivity contribution in [3.8, 4) is 0 Å². The van der Waals surface area contributed by atoms with E-state index in [0.29, 0.717) is 31.4 Å². The van der Waals surface area contributed by atoms with Crippen molar-refractivity contribution in [2.75, 3.05) is 23.7 Å².